The summed E-state index contributed by atoms with van der Waals surface area (Å²) in [5.41, 5.74) is -1.58. The summed E-state index contributed by atoms with van der Waals surface area (Å²) in [6.07, 6.45) is 1.17. The quantitative estimate of drug-likeness (QED) is 0.212. The van der Waals surface area contributed by atoms with Crippen LogP contribution in [0.5, 0.6) is 0 Å². The van der Waals surface area contributed by atoms with Gasteiger partial charge in [0, 0.05) is 25.3 Å². The summed E-state index contributed by atoms with van der Waals surface area (Å²) >= 11 is 0. The average Bonchev–Trinajstić information content (AvgIpc) is 2.31. The Morgan fingerprint density at radius 1 is 0.958 bits per heavy atom. The molecule has 0 saturated carbocycles. The van der Waals surface area contributed by atoms with Crippen molar-refractivity contribution < 1.29 is 28.5 Å². The first-order valence-corrected chi connectivity index (χ1v) is 8.23. The highest BCUT2D eigenvalue weighted by atomic mass is 16.8. The Kier molecular flexibility index (Phi) is 6.84. The van der Waals surface area contributed by atoms with Crippen LogP contribution in [0.1, 0.15) is 41.5 Å². The van der Waals surface area contributed by atoms with Crippen LogP contribution in [0.3, 0.4) is 0 Å². The second-order valence-electron chi connectivity index (χ2n) is 9.08. The van der Waals surface area contributed by atoms with E-state index >= 15 is 0 Å². The van der Waals surface area contributed by atoms with E-state index in [2.05, 4.69) is 6.58 Å². The molecule has 0 N–H and O–H groups in total. The molecule has 0 aromatic carbocycles. The highest BCUT2D eigenvalue weighted by Crippen LogP contribution is 2.39. The van der Waals surface area contributed by atoms with Crippen LogP contribution in [-0.4, -0.2) is 68.4 Å². The Labute approximate surface area is 148 Å². The summed E-state index contributed by atoms with van der Waals surface area (Å²) in [4.78, 5) is 24.0. The number of hydroxylamine groups is 6. The van der Waals surface area contributed by atoms with E-state index in [1.165, 1.54) is 6.08 Å². The van der Waals surface area contributed by atoms with Gasteiger partial charge in [-0.25, -0.2) is 4.79 Å². The summed E-state index contributed by atoms with van der Waals surface area (Å²) in [5, 5.41) is 0. The number of esters is 1. The molecule has 0 spiro atoms. The van der Waals surface area contributed by atoms with Crippen molar-refractivity contribution >= 4 is 5.97 Å². The number of hydrogen-bond acceptors (Lipinski definition) is 4. The van der Waals surface area contributed by atoms with Crippen LogP contribution in [0.15, 0.2) is 12.7 Å². The SMILES string of the molecule is C=CC(=O)OCC(C)(C)C(C)(C)O[N+](C)(C)C(C)(C)O[N+](C)(C)C. The Balaban J connectivity index is 5.29. The predicted octanol–water partition coefficient (Wildman–Crippen LogP) is 2.90. The molecule has 0 aliphatic rings. The smallest absolute Gasteiger partial charge is 0.330 e. The van der Waals surface area contributed by atoms with Gasteiger partial charge in [0.25, 0.3) is 5.72 Å². The molecule has 0 saturated heterocycles. The lowest BCUT2D eigenvalue weighted by Crippen LogP contribution is -2.65. The molecule has 0 heterocycles. The van der Waals surface area contributed by atoms with Gasteiger partial charge in [0.05, 0.1) is 27.7 Å². The molecular weight excluding hydrogens is 308 g/mol. The van der Waals surface area contributed by atoms with Crippen LogP contribution in [0.2, 0.25) is 0 Å². The Morgan fingerprint density at radius 3 is 1.79 bits per heavy atom. The van der Waals surface area contributed by atoms with E-state index in [9.17, 15) is 4.79 Å². The minimum atomic E-state index is -0.594. The third-order valence-electron chi connectivity index (χ3n) is 4.62. The van der Waals surface area contributed by atoms with E-state index in [1.807, 2.05) is 76.8 Å². The zero-order valence-electron chi connectivity index (χ0n) is 17.5. The Hall–Kier alpha value is -0.950. The van der Waals surface area contributed by atoms with E-state index in [1.54, 1.807) is 0 Å². The van der Waals surface area contributed by atoms with Gasteiger partial charge in [-0.1, -0.05) is 20.4 Å². The number of hydrogen-bond donors (Lipinski definition) is 0. The predicted molar refractivity (Wildman–Crippen MR) is 95.4 cm³/mol. The molecule has 0 amide bonds. The van der Waals surface area contributed by atoms with Gasteiger partial charge in [0.1, 0.15) is 19.7 Å². The second-order valence-corrected chi connectivity index (χ2v) is 9.08. The van der Waals surface area contributed by atoms with Crippen LogP contribution in [0.25, 0.3) is 0 Å². The first-order valence-electron chi connectivity index (χ1n) is 8.23. The first-order chi connectivity index (χ1) is 10.4. The van der Waals surface area contributed by atoms with Gasteiger partial charge in [-0.3, -0.25) is 0 Å². The molecule has 24 heavy (non-hydrogen) atoms. The molecule has 6 heteroatoms. The number of carbonyl (C=O) groups excluding carboxylic acids is 1. The summed E-state index contributed by atoms with van der Waals surface area (Å²) in [7, 11) is 9.81. The minimum Gasteiger partial charge on any atom is -0.462 e. The summed E-state index contributed by atoms with van der Waals surface area (Å²) in [6.45, 7) is 15.7. The molecule has 0 unspecified atom stereocenters. The number of quaternary nitrogens is 2. The van der Waals surface area contributed by atoms with E-state index in [4.69, 9.17) is 14.4 Å². The lowest BCUT2D eigenvalue weighted by molar-refractivity contribution is -1.20. The van der Waals surface area contributed by atoms with Crippen LogP contribution in [0.4, 0.5) is 0 Å². The third-order valence-corrected chi connectivity index (χ3v) is 4.62. The fourth-order valence-electron chi connectivity index (χ4n) is 2.06. The molecule has 0 rings (SSSR count). The van der Waals surface area contributed by atoms with Gasteiger partial charge in [-0.2, -0.15) is 14.1 Å². The van der Waals surface area contributed by atoms with Crippen molar-refractivity contribution in [2.45, 2.75) is 52.9 Å². The normalized spacial score (nSPS) is 14.5. The van der Waals surface area contributed by atoms with E-state index < -0.39 is 22.7 Å². The van der Waals surface area contributed by atoms with Gasteiger partial charge in [0.15, 0.2) is 0 Å². The van der Waals surface area contributed by atoms with Crippen molar-refractivity contribution in [2.24, 2.45) is 5.41 Å². The van der Waals surface area contributed by atoms with Gasteiger partial charge in [0.2, 0.25) is 0 Å². The van der Waals surface area contributed by atoms with Crippen molar-refractivity contribution in [3.8, 4) is 0 Å². The standard InChI is InChI=1S/C18H38N2O4/c1-13-15(21)22-14-16(2,3)17(4,5)23-20(11,12)18(6,7)24-19(8,9)10/h13H,1,14H2,2-12H3/q+2. The van der Waals surface area contributed by atoms with Gasteiger partial charge < -0.3 is 4.74 Å². The average molecular weight is 347 g/mol. The fourth-order valence-corrected chi connectivity index (χ4v) is 2.06. The summed E-state index contributed by atoms with van der Waals surface area (Å²) < 4.78 is 5.79. The molecule has 0 bridgehead atoms. The number of nitrogens with zero attached hydrogens (tertiary/aromatic N) is 2. The largest absolute Gasteiger partial charge is 0.462 e. The molecule has 0 aromatic heterocycles. The lowest BCUT2D eigenvalue weighted by atomic mass is 9.78. The maximum atomic E-state index is 11.4. The Morgan fingerprint density at radius 2 is 1.42 bits per heavy atom. The van der Waals surface area contributed by atoms with E-state index in [0.717, 1.165) is 0 Å². The molecule has 0 atom stereocenters. The molecule has 0 aromatic rings. The monoisotopic (exact) mass is 346 g/mol. The molecule has 0 aliphatic carbocycles. The maximum Gasteiger partial charge on any atom is 0.330 e. The summed E-state index contributed by atoms with van der Waals surface area (Å²) in [6, 6.07) is 0. The molecular formula is C18H38N2O4+2. The molecule has 142 valence electrons. The van der Waals surface area contributed by atoms with Gasteiger partial charge in [-0.05, 0) is 13.8 Å². The highest BCUT2D eigenvalue weighted by Gasteiger charge is 2.52. The van der Waals surface area contributed by atoms with Crippen molar-refractivity contribution in [1.82, 2.24) is 0 Å². The van der Waals surface area contributed by atoms with Crippen LogP contribution in [-0.2, 0) is 19.2 Å². The summed E-state index contributed by atoms with van der Waals surface area (Å²) in [5.74, 6) is -0.429. The van der Waals surface area contributed by atoms with Gasteiger partial charge in [-0.15, -0.1) is 4.84 Å². The van der Waals surface area contributed by atoms with Crippen molar-refractivity contribution in [1.29, 1.82) is 0 Å². The molecule has 0 radical (unpaired) electrons. The second kappa shape index (κ2) is 7.12. The number of rotatable bonds is 9. The van der Waals surface area contributed by atoms with Crippen molar-refractivity contribution in [2.75, 3.05) is 41.8 Å². The van der Waals surface area contributed by atoms with Crippen LogP contribution in [0, 0.1) is 5.41 Å². The first kappa shape index (κ1) is 23.1. The third kappa shape index (κ3) is 6.16. The highest BCUT2D eigenvalue weighted by molar-refractivity contribution is 5.81. The van der Waals surface area contributed by atoms with Gasteiger partial charge >= 0.3 is 5.97 Å². The van der Waals surface area contributed by atoms with E-state index in [-0.39, 0.29) is 11.3 Å². The topological polar surface area (TPSA) is 44.8 Å². The number of carbonyl (C=O) groups is 1. The van der Waals surface area contributed by atoms with Crippen LogP contribution < -0.4 is 0 Å². The number of ether oxygens (including phenoxy) is 1. The molecule has 0 aliphatic heterocycles. The fraction of sp³-hybridized carbons (Fsp3) is 0.833. The van der Waals surface area contributed by atoms with E-state index in [0.29, 0.717) is 4.65 Å². The zero-order chi connectivity index (χ0) is 19.6. The van der Waals surface area contributed by atoms with Crippen molar-refractivity contribution in [3.63, 3.8) is 0 Å². The zero-order valence-corrected chi connectivity index (χ0v) is 17.5. The lowest BCUT2D eigenvalue weighted by Gasteiger charge is -2.49. The van der Waals surface area contributed by atoms with Crippen molar-refractivity contribution in [3.05, 3.63) is 12.7 Å². The molecule has 0 fully saturated rings. The van der Waals surface area contributed by atoms with Crippen LogP contribution >= 0.6 is 0 Å². The minimum absolute atomic E-state index is 0.189. The Bertz CT molecular complexity index is 460. The molecule has 6 nitrogen and oxygen atoms in total. The maximum absolute atomic E-state index is 11.4.